The number of hydrogen-bond acceptors (Lipinski definition) is 3. The molecule has 2 aromatic rings. The molecule has 24 heavy (non-hydrogen) atoms. The summed E-state index contributed by atoms with van der Waals surface area (Å²) in [7, 11) is 2.21. The standard InChI is InChI=1S/C18H25N3O2S/c1-4-21-13(2)12-14(22)16(18(21)23)17(15-6-5-11-24-15)20-9-7-19(3)8-10-20/h5-6,11-12,17,22H,4,7-10H2,1-3H3/p+2/t17-/m1/s1. The summed E-state index contributed by atoms with van der Waals surface area (Å²) in [5, 5.41) is 12.7. The molecule has 3 heterocycles. The van der Waals surface area contributed by atoms with Gasteiger partial charge in [0.05, 0.1) is 11.9 Å². The van der Waals surface area contributed by atoms with Crippen LogP contribution >= 0.6 is 11.3 Å². The molecule has 0 aliphatic carbocycles. The van der Waals surface area contributed by atoms with Gasteiger partial charge in [0.1, 0.15) is 37.5 Å². The molecule has 0 unspecified atom stereocenters. The lowest BCUT2D eigenvalue weighted by atomic mass is 10.0. The molecule has 6 heteroatoms. The van der Waals surface area contributed by atoms with Crippen molar-refractivity contribution in [3.63, 3.8) is 0 Å². The number of aryl methyl sites for hydroxylation is 1. The average Bonchev–Trinajstić information content (AvgIpc) is 3.06. The summed E-state index contributed by atoms with van der Waals surface area (Å²) < 4.78 is 1.76. The Morgan fingerprint density at radius 1 is 1.33 bits per heavy atom. The first kappa shape index (κ1) is 17.2. The monoisotopic (exact) mass is 349 g/mol. The summed E-state index contributed by atoms with van der Waals surface area (Å²) in [5.74, 6) is 0.138. The van der Waals surface area contributed by atoms with Crippen molar-refractivity contribution in [1.29, 1.82) is 0 Å². The molecule has 0 amide bonds. The zero-order chi connectivity index (χ0) is 17.3. The Balaban J connectivity index is 2.12. The third kappa shape index (κ3) is 3.14. The van der Waals surface area contributed by atoms with Crippen LogP contribution in [-0.2, 0) is 6.54 Å². The predicted octanol–water partition coefficient (Wildman–Crippen LogP) is -0.554. The van der Waals surface area contributed by atoms with Crippen LogP contribution in [0.3, 0.4) is 0 Å². The molecule has 3 N–H and O–H groups in total. The maximum absolute atomic E-state index is 13.1. The van der Waals surface area contributed by atoms with Gasteiger partial charge in [-0.15, -0.1) is 11.3 Å². The molecule has 1 aliphatic rings. The minimum atomic E-state index is -0.0796. The van der Waals surface area contributed by atoms with Crippen LogP contribution in [0.2, 0.25) is 0 Å². The molecule has 2 aromatic heterocycles. The Bertz CT molecular complexity index is 746. The number of likely N-dealkylation sites (N-methyl/N-ethyl adjacent to an activating group) is 1. The van der Waals surface area contributed by atoms with Crippen LogP contribution in [0.15, 0.2) is 28.4 Å². The molecule has 130 valence electrons. The van der Waals surface area contributed by atoms with Crippen LogP contribution in [0.5, 0.6) is 5.75 Å². The van der Waals surface area contributed by atoms with Crippen molar-refractivity contribution in [2.45, 2.75) is 26.4 Å². The molecule has 0 bridgehead atoms. The number of piperazine rings is 1. The fourth-order valence-electron chi connectivity index (χ4n) is 3.72. The van der Waals surface area contributed by atoms with Gasteiger partial charge in [-0.25, -0.2) is 0 Å². The van der Waals surface area contributed by atoms with Gasteiger partial charge in [-0.05, 0) is 31.4 Å². The first-order chi connectivity index (χ1) is 11.5. The van der Waals surface area contributed by atoms with E-state index >= 15 is 0 Å². The van der Waals surface area contributed by atoms with E-state index in [1.165, 1.54) is 9.80 Å². The molecular weight excluding hydrogens is 322 g/mol. The number of nitrogens with one attached hydrogen (secondary N) is 2. The molecule has 3 rings (SSSR count). The third-order valence-corrected chi connectivity index (χ3v) is 6.05. The highest BCUT2D eigenvalue weighted by Crippen LogP contribution is 2.28. The van der Waals surface area contributed by atoms with E-state index in [4.69, 9.17) is 0 Å². The maximum Gasteiger partial charge on any atom is 0.264 e. The lowest BCUT2D eigenvalue weighted by Crippen LogP contribution is -3.27. The summed E-state index contributed by atoms with van der Waals surface area (Å²) >= 11 is 1.67. The number of nitrogens with zero attached hydrogens (tertiary/aromatic N) is 1. The summed E-state index contributed by atoms with van der Waals surface area (Å²) in [6.07, 6.45) is 0. The molecule has 1 aliphatic heterocycles. The van der Waals surface area contributed by atoms with E-state index in [0.29, 0.717) is 12.1 Å². The summed E-state index contributed by atoms with van der Waals surface area (Å²) in [6, 6.07) is 5.77. The summed E-state index contributed by atoms with van der Waals surface area (Å²) in [5.41, 5.74) is 1.32. The topological polar surface area (TPSA) is 51.1 Å². The number of aromatic hydroxyl groups is 1. The van der Waals surface area contributed by atoms with E-state index in [2.05, 4.69) is 13.1 Å². The largest absolute Gasteiger partial charge is 0.507 e. The van der Waals surface area contributed by atoms with Crippen LogP contribution in [-0.4, -0.2) is 42.9 Å². The number of pyridine rings is 1. The van der Waals surface area contributed by atoms with Crippen LogP contribution in [0.4, 0.5) is 0 Å². The lowest BCUT2D eigenvalue weighted by molar-refractivity contribution is -1.02. The lowest BCUT2D eigenvalue weighted by Gasteiger charge is -2.33. The Hall–Kier alpha value is -1.63. The SMILES string of the molecule is CCn1c(C)cc(O)c([C@@H](c2cccs2)[NH+]2CC[NH+](C)CC2)c1=O. The molecule has 0 aromatic carbocycles. The minimum Gasteiger partial charge on any atom is -0.507 e. The summed E-state index contributed by atoms with van der Waals surface area (Å²) in [4.78, 5) is 17.1. The van der Waals surface area contributed by atoms with Crippen molar-refractivity contribution in [2.24, 2.45) is 0 Å². The van der Waals surface area contributed by atoms with Gasteiger partial charge in [0.2, 0.25) is 0 Å². The first-order valence-corrected chi connectivity index (χ1v) is 9.53. The second-order valence-electron chi connectivity index (χ2n) is 6.70. The Labute approximate surface area is 146 Å². The molecule has 0 radical (unpaired) electrons. The second-order valence-corrected chi connectivity index (χ2v) is 7.68. The van der Waals surface area contributed by atoms with E-state index in [-0.39, 0.29) is 17.4 Å². The highest BCUT2D eigenvalue weighted by atomic mass is 32.1. The van der Waals surface area contributed by atoms with Crippen molar-refractivity contribution in [3.8, 4) is 5.75 Å². The molecule has 1 fully saturated rings. The number of hydrogen-bond donors (Lipinski definition) is 3. The van der Waals surface area contributed by atoms with Gasteiger partial charge in [-0.2, -0.15) is 0 Å². The average molecular weight is 350 g/mol. The van der Waals surface area contributed by atoms with E-state index in [0.717, 1.165) is 36.8 Å². The number of quaternary nitrogens is 2. The highest BCUT2D eigenvalue weighted by Gasteiger charge is 2.35. The Morgan fingerprint density at radius 3 is 2.62 bits per heavy atom. The van der Waals surface area contributed by atoms with Gasteiger partial charge in [-0.1, -0.05) is 6.07 Å². The molecule has 1 atom stereocenters. The second kappa shape index (κ2) is 7.09. The molecular formula is C18H27N3O2S+2. The van der Waals surface area contributed by atoms with E-state index < -0.39 is 0 Å². The van der Waals surface area contributed by atoms with Crippen molar-refractivity contribution in [3.05, 3.63) is 50.1 Å². The van der Waals surface area contributed by atoms with Crippen molar-refractivity contribution >= 4 is 11.3 Å². The Kier molecular flexibility index (Phi) is 5.08. The van der Waals surface area contributed by atoms with Gasteiger partial charge < -0.3 is 19.5 Å². The molecule has 1 saturated heterocycles. The van der Waals surface area contributed by atoms with E-state index in [1.54, 1.807) is 22.0 Å². The smallest absolute Gasteiger partial charge is 0.264 e. The number of aromatic nitrogens is 1. The van der Waals surface area contributed by atoms with Gasteiger partial charge in [-0.3, -0.25) is 4.79 Å². The van der Waals surface area contributed by atoms with Crippen LogP contribution in [0, 0.1) is 6.92 Å². The van der Waals surface area contributed by atoms with E-state index in [1.807, 2.05) is 25.3 Å². The molecule has 0 saturated carbocycles. The van der Waals surface area contributed by atoms with Crippen LogP contribution in [0.25, 0.3) is 0 Å². The van der Waals surface area contributed by atoms with Gasteiger partial charge in [0.25, 0.3) is 5.56 Å². The van der Waals surface area contributed by atoms with E-state index in [9.17, 15) is 9.90 Å². The quantitative estimate of drug-likeness (QED) is 0.694. The maximum atomic E-state index is 13.1. The molecule has 5 nitrogen and oxygen atoms in total. The van der Waals surface area contributed by atoms with Gasteiger partial charge >= 0.3 is 0 Å². The zero-order valence-electron chi connectivity index (χ0n) is 14.6. The van der Waals surface area contributed by atoms with Crippen molar-refractivity contribution < 1.29 is 14.9 Å². The van der Waals surface area contributed by atoms with Gasteiger partial charge in [0, 0.05) is 12.2 Å². The Morgan fingerprint density at radius 2 is 2.04 bits per heavy atom. The third-order valence-electron chi connectivity index (χ3n) is 5.11. The predicted molar refractivity (Wildman–Crippen MR) is 96.3 cm³/mol. The normalized spacial score (nSPS) is 22.5. The first-order valence-electron chi connectivity index (χ1n) is 8.65. The fourth-order valence-corrected chi connectivity index (χ4v) is 4.61. The van der Waals surface area contributed by atoms with Gasteiger partial charge in [0.15, 0.2) is 6.04 Å². The molecule has 0 spiro atoms. The van der Waals surface area contributed by atoms with Crippen molar-refractivity contribution in [2.75, 3.05) is 33.2 Å². The number of thiophene rings is 1. The summed E-state index contributed by atoms with van der Waals surface area (Å²) in [6.45, 7) is 8.66. The number of rotatable bonds is 4. The fraction of sp³-hybridized carbons (Fsp3) is 0.500. The minimum absolute atomic E-state index is 0.0489. The van der Waals surface area contributed by atoms with Crippen LogP contribution < -0.4 is 15.4 Å². The zero-order valence-corrected chi connectivity index (χ0v) is 15.4. The highest BCUT2D eigenvalue weighted by molar-refractivity contribution is 7.10. The van der Waals surface area contributed by atoms with Crippen LogP contribution in [0.1, 0.15) is 29.1 Å². The van der Waals surface area contributed by atoms with Crippen molar-refractivity contribution in [1.82, 2.24) is 4.57 Å².